The van der Waals surface area contributed by atoms with Crippen LogP contribution in [0.15, 0.2) is 24.3 Å². The predicted octanol–water partition coefficient (Wildman–Crippen LogP) is 1.60. The van der Waals surface area contributed by atoms with Gasteiger partial charge in [0.25, 0.3) is 0 Å². The van der Waals surface area contributed by atoms with Gasteiger partial charge in [0.2, 0.25) is 5.91 Å². The minimum atomic E-state index is -0.181. The first-order valence-electron chi connectivity index (χ1n) is 8.74. The Morgan fingerprint density at radius 3 is 2.72 bits per heavy atom. The molecule has 0 unspecified atom stereocenters. The highest BCUT2D eigenvalue weighted by Gasteiger charge is 2.39. The Bertz CT molecular complexity index is 757. The Morgan fingerprint density at radius 2 is 2.00 bits per heavy atom. The number of carbonyl (C=O) groups is 1. The maximum atomic E-state index is 12.9. The molecular formula is C18H23N5O2. The van der Waals surface area contributed by atoms with Gasteiger partial charge in [0.1, 0.15) is 11.9 Å². The van der Waals surface area contributed by atoms with Gasteiger partial charge in [-0.3, -0.25) is 14.8 Å². The number of ether oxygens (including phenoxy) is 1. The summed E-state index contributed by atoms with van der Waals surface area (Å²) in [5, 5.41) is 7.06. The first kappa shape index (κ1) is 16.2. The van der Waals surface area contributed by atoms with Crippen LogP contribution >= 0.6 is 0 Å². The number of aromatic nitrogens is 3. The largest absolute Gasteiger partial charge is 0.367 e. The van der Waals surface area contributed by atoms with Gasteiger partial charge in [-0.15, -0.1) is 0 Å². The van der Waals surface area contributed by atoms with Crippen LogP contribution in [0, 0.1) is 13.8 Å². The Hall–Kier alpha value is -2.25. The third-order valence-electron chi connectivity index (χ3n) is 4.96. The average molecular weight is 341 g/mol. The molecule has 0 aliphatic carbocycles. The lowest BCUT2D eigenvalue weighted by molar-refractivity contribution is -0.125. The van der Waals surface area contributed by atoms with Crippen molar-refractivity contribution in [2.24, 2.45) is 0 Å². The lowest BCUT2D eigenvalue weighted by atomic mass is 10.1. The van der Waals surface area contributed by atoms with Crippen molar-refractivity contribution in [2.45, 2.75) is 32.4 Å². The highest BCUT2D eigenvalue weighted by molar-refractivity contribution is 5.99. The van der Waals surface area contributed by atoms with E-state index in [4.69, 9.17) is 4.74 Å². The summed E-state index contributed by atoms with van der Waals surface area (Å²) in [6, 6.07) is 8.05. The van der Waals surface area contributed by atoms with Crippen LogP contribution in [0.4, 0.5) is 5.69 Å². The van der Waals surface area contributed by atoms with Crippen LogP contribution in [0.5, 0.6) is 0 Å². The summed E-state index contributed by atoms with van der Waals surface area (Å²) in [6.07, 6.45) is 0.659. The zero-order valence-corrected chi connectivity index (χ0v) is 14.6. The quantitative estimate of drug-likeness (QED) is 0.918. The molecule has 7 heteroatoms. The summed E-state index contributed by atoms with van der Waals surface area (Å²) >= 11 is 0. The number of amides is 1. The molecule has 0 spiro atoms. The van der Waals surface area contributed by atoms with Gasteiger partial charge in [0.15, 0.2) is 5.82 Å². The number of aromatic amines is 1. The van der Waals surface area contributed by atoms with Gasteiger partial charge < -0.3 is 9.64 Å². The minimum absolute atomic E-state index is 0.0901. The van der Waals surface area contributed by atoms with Crippen molar-refractivity contribution in [3.63, 3.8) is 0 Å². The number of hydrogen-bond donors (Lipinski definition) is 1. The van der Waals surface area contributed by atoms with Crippen molar-refractivity contribution in [3.05, 3.63) is 41.5 Å². The second-order valence-corrected chi connectivity index (χ2v) is 6.76. The first-order chi connectivity index (χ1) is 12.1. The number of benzene rings is 1. The van der Waals surface area contributed by atoms with Gasteiger partial charge in [0.05, 0.1) is 12.6 Å². The second-order valence-electron chi connectivity index (χ2n) is 6.76. The number of carbonyl (C=O) groups excluding carboxylic acids is 1. The van der Waals surface area contributed by atoms with Crippen LogP contribution in [-0.4, -0.2) is 58.3 Å². The Morgan fingerprint density at radius 1 is 1.20 bits per heavy atom. The molecule has 2 atom stereocenters. The highest BCUT2D eigenvalue weighted by atomic mass is 16.5. The van der Waals surface area contributed by atoms with E-state index in [-0.39, 0.29) is 18.1 Å². The molecule has 7 nitrogen and oxygen atoms in total. The van der Waals surface area contributed by atoms with Gasteiger partial charge in [-0.1, -0.05) is 17.7 Å². The monoisotopic (exact) mass is 341 g/mol. The summed E-state index contributed by atoms with van der Waals surface area (Å²) in [4.78, 5) is 21.4. The van der Waals surface area contributed by atoms with E-state index in [2.05, 4.69) is 27.0 Å². The summed E-state index contributed by atoms with van der Waals surface area (Å²) in [5.74, 6) is 1.62. The maximum Gasteiger partial charge on any atom is 0.244 e. The van der Waals surface area contributed by atoms with E-state index < -0.39 is 0 Å². The number of hydrogen-bond acceptors (Lipinski definition) is 5. The molecule has 2 fully saturated rings. The van der Waals surface area contributed by atoms with Gasteiger partial charge in [-0.05, 0) is 32.4 Å². The number of aryl methyl sites for hydroxylation is 2. The molecule has 0 bridgehead atoms. The number of H-pyrrole nitrogens is 1. The number of morpholine rings is 1. The fourth-order valence-corrected chi connectivity index (χ4v) is 3.60. The molecule has 25 heavy (non-hydrogen) atoms. The zero-order valence-electron chi connectivity index (χ0n) is 14.6. The maximum absolute atomic E-state index is 12.9. The summed E-state index contributed by atoms with van der Waals surface area (Å²) in [5.41, 5.74) is 2.18. The molecule has 3 heterocycles. The van der Waals surface area contributed by atoms with E-state index in [9.17, 15) is 4.79 Å². The number of anilines is 1. The van der Waals surface area contributed by atoms with Gasteiger partial charge in [-0.25, -0.2) is 4.98 Å². The van der Waals surface area contributed by atoms with E-state index in [1.165, 1.54) is 5.56 Å². The third kappa shape index (κ3) is 3.17. The van der Waals surface area contributed by atoms with E-state index in [1.807, 2.05) is 36.1 Å². The van der Waals surface area contributed by atoms with Crippen molar-refractivity contribution in [1.29, 1.82) is 0 Å². The lowest BCUT2D eigenvalue weighted by Crippen LogP contribution is -2.48. The molecule has 1 aromatic heterocycles. The molecule has 2 saturated heterocycles. The molecule has 2 aliphatic rings. The van der Waals surface area contributed by atoms with E-state index >= 15 is 0 Å². The molecule has 1 amide bonds. The third-order valence-corrected chi connectivity index (χ3v) is 4.96. The number of rotatable bonds is 3. The molecule has 132 valence electrons. The van der Waals surface area contributed by atoms with Gasteiger partial charge in [0, 0.05) is 25.3 Å². The van der Waals surface area contributed by atoms with Crippen molar-refractivity contribution < 1.29 is 9.53 Å². The second kappa shape index (κ2) is 6.57. The van der Waals surface area contributed by atoms with Crippen LogP contribution in [0.25, 0.3) is 0 Å². The minimum Gasteiger partial charge on any atom is -0.367 e. The molecule has 4 rings (SSSR count). The lowest BCUT2D eigenvalue weighted by Gasteiger charge is -2.34. The van der Waals surface area contributed by atoms with E-state index in [0.717, 1.165) is 31.0 Å². The molecule has 1 N–H and O–H groups in total. The van der Waals surface area contributed by atoms with Crippen LogP contribution in [0.1, 0.15) is 29.7 Å². The topological polar surface area (TPSA) is 74.3 Å². The van der Waals surface area contributed by atoms with Crippen molar-refractivity contribution >= 4 is 11.6 Å². The van der Waals surface area contributed by atoms with Crippen LogP contribution in [0.3, 0.4) is 0 Å². The first-order valence-corrected chi connectivity index (χ1v) is 8.74. The van der Waals surface area contributed by atoms with Crippen molar-refractivity contribution in [1.82, 2.24) is 20.1 Å². The Kier molecular flexibility index (Phi) is 4.27. The van der Waals surface area contributed by atoms with Crippen molar-refractivity contribution in [3.8, 4) is 0 Å². The zero-order chi connectivity index (χ0) is 17.4. The van der Waals surface area contributed by atoms with Crippen LogP contribution in [-0.2, 0) is 9.53 Å². The van der Waals surface area contributed by atoms with E-state index in [0.29, 0.717) is 19.0 Å². The molecule has 1 aromatic carbocycles. The average Bonchev–Trinajstić information content (AvgIpc) is 3.22. The molecule has 2 aliphatic heterocycles. The van der Waals surface area contributed by atoms with E-state index in [1.54, 1.807) is 0 Å². The SMILES string of the molecule is Cc1ccc(N2CC[C@H](N3CCO[C@H](c4n[nH]c(C)n4)C3)C2=O)cc1. The van der Waals surface area contributed by atoms with Crippen molar-refractivity contribution in [2.75, 3.05) is 31.1 Å². The predicted molar refractivity (Wildman–Crippen MR) is 93.3 cm³/mol. The molecular weight excluding hydrogens is 318 g/mol. The number of nitrogens with zero attached hydrogens (tertiary/aromatic N) is 4. The fraction of sp³-hybridized carbons (Fsp3) is 0.500. The van der Waals surface area contributed by atoms with Crippen LogP contribution < -0.4 is 4.90 Å². The molecule has 0 saturated carbocycles. The fourth-order valence-electron chi connectivity index (χ4n) is 3.60. The van der Waals surface area contributed by atoms with Crippen LogP contribution in [0.2, 0.25) is 0 Å². The summed E-state index contributed by atoms with van der Waals surface area (Å²) in [7, 11) is 0. The summed E-state index contributed by atoms with van der Waals surface area (Å²) in [6.45, 7) is 6.68. The molecule has 2 aromatic rings. The highest BCUT2D eigenvalue weighted by Crippen LogP contribution is 2.28. The Balaban J connectivity index is 1.46. The van der Waals surface area contributed by atoms with Gasteiger partial charge >= 0.3 is 0 Å². The summed E-state index contributed by atoms with van der Waals surface area (Å²) < 4.78 is 5.82. The number of nitrogens with one attached hydrogen (secondary N) is 1. The Labute approximate surface area is 147 Å². The molecule has 0 radical (unpaired) electrons. The standard InChI is InChI=1S/C18H23N5O2/c1-12-3-5-14(6-4-12)23-8-7-15(18(23)24)22-9-10-25-16(11-22)17-19-13(2)20-21-17/h3-6,15-16H,7-11H2,1-2H3,(H,19,20,21)/t15-,16-/m0/s1. The van der Waals surface area contributed by atoms with Gasteiger partial charge in [-0.2, -0.15) is 5.10 Å². The normalized spacial score (nSPS) is 24.9. The smallest absolute Gasteiger partial charge is 0.244 e.